The number of carbonyl (C=O) groups is 1. The fourth-order valence-electron chi connectivity index (χ4n) is 3.34. The molecule has 33 heavy (non-hydrogen) atoms. The lowest BCUT2D eigenvalue weighted by Crippen LogP contribution is -2.63. The van der Waals surface area contributed by atoms with Gasteiger partial charge in [-0.15, -0.1) is 0 Å². The van der Waals surface area contributed by atoms with Crippen molar-refractivity contribution in [1.29, 1.82) is 0 Å². The van der Waals surface area contributed by atoms with Gasteiger partial charge in [0.2, 0.25) is 0 Å². The van der Waals surface area contributed by atoms with Crippen LogP contribution in [0.5, 0.6) is 17.4 Å². The van der Waals surface area contributed by atoms with Crippen molar-refractivity contribution in [3.05, 3.63) is 47.5 Å². The molecule has 0 saturated carbocycles. The highest BCUT2D eigenvalue weighted by atomic mass is 35.5. The molecule has 1 amide bonds. The molecule has 0 aliphatic carbocycles. The molecule has 0 aromatic carbocycles. The van der Waals surface area contributed by atoms with Crippen LogP contribution in [0.15, 0.2) is 36.8 Å². The van der Waals surface area contributed by atoms with Crippen LogP contribution in [0.2, 0.25) is 5.02 Å². The van der Waals surface area contributed by atoms with E-state index in [1.54, 1.807) is 6.92 Å². The molecule has 1 N–H and O–H groups in total. The average Bonchev–Trinajstić information content (AvgIpc) is 3.09. The smallest absolute Gasteiger partial charge is 0.422 e. The Hall–Kier alpha value is -3.06. The van der Waals surface area contributed by atoms with Gasteiger partial charge in [0.1, 0.15) is 17.1 Å². The zero-order valence-electron chi connectivity index (χ0n) is 16.9. The minimum Gasteiger partial charge on any atom is -0.478 e. The van der Waals surface area contributed by atoms with Gasteiger partial charge in [-0.1, -0.05) is 11.6 Å². The van der Waals surface area contributed by atoms with Gasteiger partial charge in [-0.05, 0) is 19.1 Å². The van der Waals surface area contributed by atoms with E-state index in [1.165, 1.54) is 35.1 Å². The SMILES string of the molecule is CC1(NC(=O)c2cn3cc(Oc4ncc(Cl)cc4OCC(F)(F)F)ccc3n2)CS(=O)(=O)C1. The number of carbonyl (C=O) groups excluding carboxylic acids is 1. The molecule has 1 aliphatic heterocycles. The Bertz CT molecular complexity index is 1330. The highest BCUT2D eigenvalue weighted by Gasteiger charge is 2.46. The molecule has 0 radical (unpaired) electrons. The first-order valence-corrected chi connectivity index (χ1v) is 11.6. The molecule has 9 nitrogen and oxygen atoms in total. The molecule has 1 saturated heterocycles. The highest BCUT2D eigenvalue weighted by molar-refractivity contribution is 7.93. The Kier molecular flexibility index (Phi) is 5.65. The maximum atomic E-state index is 12.5. The quantitative estimate of drug-likeness (QED) is 0.549. The van der Waals surface area contributed by atoms with Crippen molar-refractivity contribution >= 4 is 33.0 Å². The van der Waals surface area contributed by atoms with Crippen LogP contribution in [0.4, 0.5) is 13.2 Å². The maximum Gasteiger partial charge on any atom is 0.422 e. The summed E-state index contributed by atoms with van der Waals surface area (Å²) in [5.74, 6) is -1.20. The molecule has 4 heterocycles. The minimum atomic E-state index is -4.56. The summed E-state index contributed by atoms with van der Waals surface area (Å²) in [6, 6.07) is 4.15. The van der Waals surface area contributed by atoms with Crippen molar-refractivity contribution in [3.8, 4) is 17.4 Å². The van der Waals surface area contributed by atoms with Crippen molar-refractivity contribution in [3.63, 3.8) is 0 Å². The van der Waals surface area contributed by atoms with Crippen molar-refractivity contribution in [1.82, 2.24) is 19.7 Å². The van der Waals surface area contributed by atoms with E-state index in [0.29, 0.717) is 5.65 Å². The van der Waals surface area contributed by atoms with Gasteiger partial charge in [0.05, 0.1) is 28.3 Å². The largest absolute Gasteiger partial charge is 0.478 e. The number of amides is 1. The summed E-state index contributed by atoms with van der Waals surface area (Å²) in [7, 11) is -3.14. The number of nitrogens with one attached hydrogen (secondary N) is 1. The van der Waals surface area contributed by atoms with E-state index in [-0.39, 0.29) is 39.6 Å². The lowest BCUT2D eigenvalue weighted by molar-refractivity contribution is -0.153. The second-order valence-electron chi connectivity index (χ2n) is 7.77. The molecule has 1 fully saturated rings. The number of fused-ring (bicyclic) bond motifs is 1. The van der Waals surface area contributed by atoms with Crippen molar-refractivity contribution in [2.45, 2.75) is 18.6 Å². The third-order valence-corrected chi connectivity index (χ3v) is 6.90. The summed E-state index contributed by atoms with van der Waals surface area (Å²) in [5, 5.41) is 2.73. The van der Waals surface area contributed by atoms with Crippen LogP contribution in [0.3, 0.4) is 0 Å². The van der Waals surface area contributed by atoms with Gasteiger partial charge in [-0.25, -0.2) is 18.4 Å². The van der Waals surface area contributed by atoms with E-state index >= 15 is 0 Å². The van der Waals surface area contributed by atoms with Crippen LogP contribution < -0.4 is 14.8 Å². The molecule has 176 valence electrons. The number of alkyl halides is 3. The van der Waals surface area contributed by atoms with Crippen LogP contribution >= 0.6 is 11.6 Å². The number of ether oxygens (including phenoxy) is 2. The standard InChI is InChI=1S/C19H16ClF3N4O5S/c1-18(9-33(29,30)10-18)26-16(28)13-7-27-6-12(2-3-15(27)25-13)32-17-14(4-11(20)5-24-17)31-8-19(21,22)23/h2-7H,8-10H2,1H3,(H,26,28). The van der Waals surface area contributed by atoms with E-state index in [1.807, 2.05) is 0 Å². The summed E-state index contributed by atoms with van der Waals surface area (Å²) in [5.41, 5.74) is -0.416. The van der Waals surface area contributed by atoms with E-state index < -0.39 is 34.1 Å². The predicted octanol–water partition coefficient (Wildman–Crippen LogP) is 3.03. The summed E-state index contributed by atoms with van der Waals surface area (Å²) in [4.78, 5) is 20.6. The minimum absolute atomic E-state index is 0.0523. The van der Waals surface area contributed by atoms with Crippen molar-refractivity contribution in [2.24, 2.45) is 0 Å². The molecule has 3 aromatic rings. The number of halogens is 4. The number of imidazole rings is 1. The zero-order chi connectivity index (χ0) is 24.0. The summed E-state index contributed by atoms with van der Waals surface area (Å²) >= 11 is 5.79. The van der Waals surface area contributed by atoms with Gasteiger partial charge in [0.15, 0.2) is 22.2 Å². The van der Waals surface area contributed by atoms with Gasteiger partial charge in [-0.3, -0.25) is 4.79 Å². The Morgan fingerprint density at radius 3 is 2.70 bits per heavy atom. The summed E-state index contributed by atoms with van der Waals surface area (Å²) < 4.78 is 72.2. The molecule has 0 bridgehead atoms. The summed E-state index contributed by atoms with van der Waals surface area (Å²) in [6.45, 7) is 0.0792. The molecule has 3 aromatic heterocycles. The molecule has 1 aliphatic rings. The first-order valence-electron chi connectivity index (χ1n) is 9.36. The monoisotopic (exact) mass is 504 g/mol. The van der Waals surface area contributed by atoms with Crippen LogP contribution in [0.25, 0.3) is 5.65 Å². The molecule has 0 unspecified atom stereocenters. The molecule has 0 atom stereocenters. The first-order chi connectivity index (χ1) is 15.3. The van der Waals surface area contributed by atoms with Gasteiger partial charge >= 0.3 is 6.18 Å². The highest BCUT2D eigenvalue weighted by Crippen LogP contribution is 2.33. The van der Waals surface area contributed by atoms with Crippen LogP contribution in [-0.4, -0.2) is 58.5 Å². The van der Waals surface area contributed by atoms with E-state index in [4.69, 9.17) is 21.1 Å². The van der Waals surface area contributed by atoms with E-state index in [2.05, 4.69) is 15.3 Å². The van der Waals surface area contributed by atoms with Crippen LogP contribution in [-0.2, 0) is 9.84 Å². The predicted molar refractivity (Wildman–Crippen MR) is 111 cm³/mol. The van der Waals surface area contributed by atoms with Gasteiger partial charge in [0.25, 0.3) is 11.8 Å². The molecule has 0 spiro atoms. The van der Waals surface area contributed by atoms with Crippen molar-refractivity contribution in [2.75, 3.05) is 18.1 Å². The number of hydrogen-bond donors (Lipinski definition) is 1. The van der Waals surface area contributed by atoms with Gasteiger partial charge in [-0.2, -0.15) is 13.2 Å². The lowest BCUT2D eigenvalue weighted by Gasteiger charge is -2.38. The normalized spacial score (nSPS) is 16.8. The van der Waals surface area contributed by atoms with E-state index in [9.17, 15) is 26.4 Å². The number of nitrogens with zero attached hydrogens (tertiary/aromatic N) is 3. The molecule has 14 heteroatoms. The molecular formula is C19H16ClF3N4O5S. The number of rotatable bonds is 6. The Balaban J connectivity index is 1.52. The van der Waals surface area contributed by atoms with E-state index in [0.717, 1.165) is 6.07 Å². The Morgan fingerprint density at radius 2 is 2.03 bits per heavy atom. The van der Waals surface area contributed by atoms with Gasteiger partial charge < -0.3 is 19.2 Å². The topological polar surface area (TPSA) is 112 Å². The fraction of sp³-hybridized carbons (Fsp3) is 0.316. The van der Waals surface area contributed by atoms with Crippen LogP contribution in [0, 0.1) is 0 Å². The Morgan fingerprint density at radius 1 is 1.30 bits per heavy atom. The number of sulfone groups is 1. The second-order valence-corrected chi connectivity index (χ2v) is 10.3. The first kappa shape index (κ1) is 23.1. The lowest BCUT2D eigenvalue weighted by atomic mass is 10.1. The third kappa shape index (κ3) is 5.47. The number of aromatic nitrogens is 3. The number of hydrogen-bond acceptors (Lipinski definition) is 7. The fourth-order valence-corrected chi connectivity index (χ4v) is 5.49. The maximum absolute atomic E-state index is 12.5. The number of pyridine rings is 2. The zero-order valence-corrected chi connectivity index (χ0v) is 18.5. The second kappa shape index (κ2) is 8.06. The Labute approximate surface area is 190 Å². The average molecular weight is 505 g/mol. The molecular weight excluding hydrogens is 489 g/mol. The summed E-state index contributed by atoms with van der Waals surface area (Å²) in [6.07, 6.45) is -0.521. The molecule has 4 rings (SSSR count). The third-order valence-electron chi connectivity index (χ3n) is 4.54. The van der Waals surface area contributed by atoms with Crippen molar-refractivity contribution < 1.29 is 35.9 Å². The van der Waals surface area contributed by atoms with Crippen LogP contribution in [0.1, 0.15) is 17.4 Å². The van der Waals surface area contributed by atoms with Gasteiger partial charge in [0, 0.05) is 18.5 Å².